The van der Waals surface area contributed by atoms with Crippen molar-refractivity contribution < 1.29 is 13.2 Å². The molecule has 0 atom stereocenters. The number of rotatable bonds is 5. The van der Waals surface area contributed by atoms with Gasteiger partial charge in [0, 0.05) is 21.7 Å². The van der Waals surface area contributed by atoms with E-state index in [1.54, 1.807) is 0 Å². The van der Waals surface area contributed by atoms with Crippen molar-refractivity contribution in [2.45, 2.75) is 24.8 Å². The van der Waals surface area contributed by atoms with Crippen molar-refractivity contribution in [3.63, 3.8) is 0 Å². The Morgan fingerprint density at radius 2 is 1.54 bits per heavy atom. The number of sulfonamides is 1. The van der Waals surface area contributed by atoms with Crippen LogP contribution in [0.2, 0.25) is 10.0 Å². The first-order valence-electron chi connectivity index (χ1n) is 7.07. The van der Waals surface area contributed by atoms with Crippen LogP contribution < -0.4 is 10.0 Å². The van der Waals surface area contributed by atoms with Gasteiger partial charge in [0.05, 0.1) is 10.6 Å². The fourth-order valence-electron chi connectivity index (χ4n) is 1.96. The van der Waals surface area contributed by atoms with Gasteiger partial charge < -0.3 is 5.32 Å². The first kappa shape index (κ1) is 18.6. The Bertz CT molecular complexity index is 830. The molecule has 128 valence electrons. The molecular weight excluding hydrogens is 371 g/mol. The lowest BCUT2D eigenvalue weighted by atomic mass is 10.2. The second-order valence-corrected chi connectivity index (χ2v) is 7.97. The highest BCUT2D eigenvalue weighted by atomic mass is 35.5. The van der Waals surface area contributed by atoms with E-state index in [0.717, 1.165) is 0 Å². The number of halogens is 2. The van der Waals surface area contributed by atoms with E-state index in [2.05, 4.69) is 10.0 Å². The van der Waals surface area contributed by atoms with Crippen LogP contribution >= 0.6 is 23.2 Å². The largest absolute Gasteiger partial charge is 0.350 e. The minimum Gasteiger partial charge on any atom is -0.350 e. The Hall–Kier alpha value is -1.76. The molecule has 0 fully saturated rings. The molecule has 24 heavy (non-hydrogen) atoms. The quantitative estimate of drug-likeness (QED) is 0.816. The fourth-order valence-corrected chi connectivity index (χ4v) is 3.52. The lowest BCUT2D eigenvalue weighted by Crippen LogP contribution is -2.30. The molecule has 0 saturated heterocycles. The number of carbonyl (C=O) groups is 1. The maximum atomic E-state index is 12.4. The predicted molar refractivity (Wildman–Crippen MR) is 96.3 cm³/mol. The molecule has 0 spiro atoms. The van der Waals surface area contributed by atoms with Crippen LogP contribution in [-0.2, 0) is 10.0 Å². The second kappa shape index (κ2) is 7.42. The van der Waals surface area contributed by atoms with E-state index in [0.29, 0.717) is 15.6 Å². The summed E-state index contributed by atoms with van der Waals surface area (Å²) in [6.07, 6.45) is 0. The van der Waals surface area contributed by atoms with Gasteiger partial charge in [-0.05, 0) is 56.3 Å². The highest BCUT2D eigenvalue weighted by molar-refractivity contribution is 7.92. The molecule has 0 heterocycles. The van der Waals surface area contributed by atoms with E-state index >= 15 is 0 Å². The fraction of sp³-hybridized carbons (Fsp3) is 0.188. The molecule has 2 aromatic rings. The maximum Gasteiger partial charge on any atom is 0.261 e. The van der Waals surface area contributed by atoms with Crippen molar-refractivity contribution >= 4 is 44.8 Å². The molecule has 2 rings (SSSR count). The SMILES string of the molecule is CC(C)NC(=O)c1ccc(S(=O)(=O)Nc2cc(Cl)cc(Cl)c2)cc1. The standard InChI is InChI=1S/C16H16Cl2N2O3S/c1-10(2)19-16(21)11-3-5-15(6-4-11)24(22,23)20-14-8-12(17)7-13(18)9-14/h3-10,20H,1-2H3,(H,19,21). The summed E-state index contributed by atoms with van der Waals surface area (Å²) in [6, 6.07) is 10.0. The summed E-state index contributed by atoms with van der Waals surface area (Å²) in [6.45, 7) is 3.69. The third-order valence-electron chi connectivity index (χ3n) is 2.96. The highest BCUT2D eigenvalue weighted by Gasteiger charge is 2.16. The van der Waals surface area contributed by atoms with E-state index in [4.69, 9.17) is 23.2 Å². The lowest BCUT2D eigenvalue weighted by molar-refractivity contribution is 0.0943. The molecule has 1 amide bonds. The van der Waals surface area contributed by atoms with Crippen LogP contribution in [-0.4, -0.2) is 20.4 Å². The third-order valence-corrected chi connectivity index (χ3v) is 4.79. The summed E-state index contributed by atoms with van der Waals surface area (Å²) >= 11 is 11.7. The number of hydrogen-bond donors (Lipinski definition) is 2. The minimum atomic E-state index is -3.81. The predicted octanol–water partition coefficient (Wildman–Crippen LogP) is 3.93. The van der Waals surface area contributed by atoms with E-state index < -0.39 is 10.0 Å². The van der Waals surface area contributed by atoms with Gasteiger partial charge >= 0.3 is 0 Å². The summed E-state index contributed by atoms with van der Waals surface area (Å²) < 4.78 is 27.2. The van der Waals surface area contributed by atoms with Gasteiger partial charge in [-0.25, -0.2) is 8.42 Å². The minimum absolute atomic E-state index is 0.00449. The van der Waals surface area contributed by atoms with Crippen LogP contribution in [0, 0.1) is 0 Å². The summed E-state index contributed by atoms with van der Waals surface area (Å²) in [4.78, 5) is 11.9. The van der Waals surface area contributed by atoms with Gasteiger partial charge in [-0.3, -0.25) is 9.52 Å². The summed E-state index contributed by atoms with van der Waals surface area (Å²) in [5.41, 5.74) is 0.641. The average Bonchev–Trinajstić information content (AvgIpc) is 2.45. The number of hydrogen-bond acceptors (Lipinski definition) is 3. The zero-order valence-corrected chi connectivity index (χ0v) is 15.3. The smallest absolute Gasteiger partial charge is 0.261 e. The van der Waals surface area contributed by atoms with Gasteiger partial charge in [-0.2, -0.15) is 0 Å². The monoisotopic (exact) mass is 386 g/mol. The molecule has 2 N–H and O–H groups in total. The van der Waals surface area contributed by atoms with Crippen LogP contribution in [0.1, 0.15) is 24.2 Å². The lowest BCUT2D eigenvalue weighted by Gasteiger charge is -2.11. The number of benzene rings is 2. The third kappa shape index (κ3) is 4.87. The normalized spacial score (nSPS) is 11.4. The van der Waals surface area contributed by atoms with Gasteiger partial charge in [0.1, 0.15) is 0 Å². The second-order valence-electron chi connectivity index (χ2n) is 5.42. The van der Waals surface area contributed by atoms with Crippen LogP contribution in [0.15, 0.2) is 47.4 Å². The van der Waals surface area contributed by atoms with Crippen molar-refractivity contribution in [2.75, 3.05) is 4.72 Å². The maximum absolute atomic E-state index is 12.4. The Balaban J connectivity index is 2.22. The zero-order valence-electron chi connectivity index (χ0n) is 13.0. The molecule has 0 aliphatic rings. The summed E-state index contributed by atoms with van der Waals surface area (Å²) in [5, 5.41) is 3.38. The molecule has 5 nitrogen and oxygen atoms in total. The average molecular weight is 387 g/mol. The van der Waals surface area contributed by atoms with Crippen LogP contribution in [0.3, 0.4) is 0 Å². The molecule has 8 heteroatoms. The van der Waals surface area contributed by atoms with Gasteiger partial charge in [-0.1, -0.05) is 23.2 Å². The Morgan fingerprint density at radius 1 is 1.00 bits per heavy atom. The zero-order chi connectivity index (χ0) is 17.9. The van der Waals surface area contributed by atoms with E-state index in [-0.39, 0.29) is 22.5 Å². The van der Waals surface area contributed by atoms with Crippen molar-refractivity contribution in [3.8, 4) is 0 Å². The van der Waals surface area contributed by atoms with Crippen molar-refractivity contribution in [2.24, 2.45) is 0 Å². The van der Waals surface area contributed by atoms with Crippen molar-refractivity contribution in [1.82, 2.24) is 5.32 Å². The van der Waals surface area contributed by atoms with E-state index in [1.165, 1.54) is 42.5 Å². The number of carbonyl (C=O) groups excluding carboxylic acids is 1. The van der Waals surface area contributed by atoms with Gasteiger partial charge in [-0.15, -0.1) is 0 Å². The Kier molecular flexibility index (Phi) is 5.74. The summed E-state index contributed by atoms with van der Waals surface area (Å²) in [5.74, 6) is -0.261. The van der Waals surface area contributed by atoms with E-state index in [9.17, 15) is 13.2 Å². The van der Waals surface area contributed by atoms with Gasteiger partial charge in [0.25, 0.3) is 15.9 Å². The molecule has 0 radical (unpaired) electrons. The van der Waals surface area contributed by atoms with Crippen LogP contribution in [0.5, 0.6) is 0 Å². The molecule has 0 bridgehead atoms. The van der Waals surface area contributed by atoms with Crippen LogP contribution in [0.25, 0.3) is 0 Å². The summed E-state index contributed by atoms with van der Waals surface area (Å²) in [7, 11) is -3.81. The molecule has 0 saturated carbocycles. The Morgan fingerprint density at radius 3 is 2.04 bits per heavy atom. The molecule has 0 aromatic heterocycles. The number of anilines is 1. The number of amides is 1. The topological polar surface area (TPSA) is 75.3 Å². The molecule has 2 aromatic carbocycles. The molecule has 0 unspecified atom stereocenters. The van der Waals surface area contributed by atoms with Crippen molar-refractivity contribution in [3.05, 3.63) is 58.1 Å². The first-order valence-corrected chi connectivity index (χ1v) is 9.31. The van der Waals surface area contributed by atoms with Crippen LogP contribution in [0.4, 0.5) is 5.69 Å². The first-order chi connectivity index (χ1) is 11.2. The molecule has 0 aliphatic carbocycles. The Labute approximate surface area is 151 Å². The van der Waals surface area contributed by atoms with Gasteiger partial charge in [0.2, 0.25) is 0 Å². The molecular formula is C16H16Cl2N2O3S. The highest BCUT2D eigenvalue weighted by Crippen LogP contribution is 2.24. The van der Waals surface area contributed by atoms with E-state index in [1.807, 2.05) is 13.8 Å². The molecule has 0 aliphatic heterocycles. The van der Waals surface area contributed by atoms with Crippen molar-refractivity contribution in [1.29, 1.82) is 0 Å². The number of nitrogens with one attached hydrogen (secondary N) is 2. The van der Waals surface area contributed by atoms with Gasteiger partial charge in [0.15, 0.2) is 0 Å².